The van der Waals surface area contributed by atoms with Crippen molar-refractivity contribution in [3.63, 3.8) is 0 Å². The first-order valence-corrected chi connectivity index (χ1v) is 13.0. The molecule has 202 valence electrons. The highest BCUT2D eigenvalue weighted by atomic mass is 19.4. The Kier molecular flexibility index (Phi) is 7.32. The predicted octanol–water partition coefficient (Wildman–Crippen LogP) is 4.55. The van der Waals surface area contributed by atoms with Crippen molar-refractivity contribution in [3.05, 3.63) is 60.3 Å². The van der Waals surface area contributed by atoms with E-state index < -0.39 is 11.9 Å². The molecule has 38 heavy (non-hydrogen) atoms. The van der Waals surface area contributed by atoms with Gasteiger partial charge in [-0.15, -0.1) is 13.2 Å². The lowest BCUT2D eigenvalue weighted by Gasteiger charge is -2.37. The van der Waals surface area contributed by atoms with Gasteiger partial charge in [0.25, 0.3) is 0 Å². The van der Waals surface area contributed by atoms with Gasteiger partial charge in [0.1, 0.15) is 11.6 Å². The van der Waals surface area contributed by atoms with Crippen molar-refractivity contribution in [2.75, 3.05) is 24.5 Å². The van der Waals surface area contributed by atoms with Gasteiger partial charge in [0, 0.05) is 37.8 Å². The molecule has 0 unspecified atom stereocenters. The van der Waals surface area contributed by atoms with Crippen LogP contribution in [0.15, 0.2) is 54.7 Å². The number of piperidine rings is 1. The fraction of sp³-hybridized carbons (Fsp3) is 0.464. The minimum atomic E-state index is -4.75. The molecular formula is C28H31F3N4O3. The van der Waals surface area contributed by atoms with Gasteiger partial charge in [-0.2, -0.15) is 0 Å². The number of nitrogens with zero attached hydrogens (tertiary/aromatic N) is 3. The molecule has 1 N–H and O–H groups in total. The Bertz CT molecular complexity index is 1160. The van der Waals surface area contributed by atoms with E-state index in [4.69, 9.17) is 0 Å². The van der Waals surface area contributed by atoms with Gasteiger partial charge in [0.05, 0.1) is 11.6 Å². The van der Waals surface area contributed by atoms with Crippen LogP contribution in [0, 0.1) is 5.92 Å². The minimum Gasteiger partial charge on any atom is -0.406 e. The second-order valence-electron chi connectivity index (χ2n) is 10.2. The Labute approximate surface area is 219 Å². The van der Waals surface area contributed by atoms with Crippen LogP contribution in [-0.4, -0.2) is 59.3 Å². The van der Waals surface area contributed by atoms with Crippen LogP contribution < -0.4 is 15.0 Å². The van der Waals surface area contributed by atoms with Gasteiger partial charge in [-0.05, 0) is 74.4 Å². The molecule has 0 radical (unpaired) electrons. The number of alkyl halides is 3. The number of pyridine rings is 1. The number of halogens is 3. The number of carbonyl (C=O) groups excluding carboxylic acids is 2. The molecule has 3 fully saturated rings. The van der Waals surface area contributed by atoms with Gasteiger partial charge in [-0.25, -0.2) is 4.98 Å². The predicted molar refractivity (Wildman–Crippen MR) is 136 cm³/mol. The van der Waals surface area contributed by atoms with E-state index in [1.54, 1.807) is 12.3 Å². The average molecular weight is 529 g/mol. The third-order valence-corrected chi connectivity index (χ3v) is 7.94. The van der Waals surface area contributed by atoms with E-state index >= 15 is 0 Å². The maximum Gasteiger partial charge on any atom is 0.573 e. The Morgan fingerprint density at radius 1 is 1.03 bits per heavy atom. The molecule has 10 heteroatoms. The van der Waals surface area contributed by atoms with E-state index in [0.29, 0.717) is 12.1 Å². The van der Waals surface area contributed by atoms with E-state index in [0.717, 1.165) is 57.4 Å². The first-order chi connectivity index (χ1) is 18.2. The van der Waals surface area contributed by atoms with Gasteiger partial charge >= 0.3 is 6.36 Å². The highest BCUT2D eigenvalue weighted by molar-refractivity contribution is 5.92. The molecule has 5 rings (SSSR count). The summed E-state index contributed by atoms with van der Waals surface area (Å²) in [5, 5.41) is 3.37. The lowest BCUT2D eigenvalue weighted by Crippen LogP contribution is -2.56. The van der Waals surface area contributed by atoms with Gasteiger partial charge < -0.3 is 19.9 Å². The summed E-state index contributed by atoms with van der Waals surface area (Å²) < 4.78 is 40.9. The molecule has 3 aliphatic rings. The second-order valence-corrected chi connectivity index (χ2v) is 10.2. The highest BCUT2D eigenvalue weighted by Gasteiger charge is 2.52. The number of amides is 2. The molecule has 1 saturated carbocycles. The summed E-state index contributed by atoms with van der Waals surface area (Å²) in [6.07, 6.45) is 4.94. The fourth-order valence-corrected chi connectivity index (χ4v) is 6.05. The van der Waals surface area contributed by atoms with Crippen LogP contribution in [0.4, 0.5) is 19.0 Å². The van der Waals surface area contributed by atoms with Gasteiger partial charge in [-0.3, -0.25) is 9.59 Å². The summed E-state index contributed by atoms with van der Waals surface area (Å²) in [5.74, 6) is 0.481. The van der Waals surface area contributed by atoms with Crippen molar-refractivity contribution < 1.29 is 27.5 Å². The first kappa shape index (κ1) is 26.1. The Morgan fingerprint density at radius 2 is 1.79 bits per heavy atom. The first-order valence-electron chi connectivity index (χ1n) is 13.0. The molecule has 1 aromatic carbocycles. The molecule has 0 spiro atoms. The maximum absolute atomic E-state index is 13.3. The molecular weight excluding hydrogens is 497 g/mol. The Hall–Kier alpha value is -3.56. The zero-order chi connectivity index (χ0) is 26.8. The summed E-state index contributed by atoms with van der Waals surface area (Å²) in [5.41, 5.74) is 0.199. The molecule has 2 aromatic rings. The van der Waals surface area contributed by atoms with E-state index in [-0.39, 0.29) is 29.5 Å². The molecule has 1 aliphatic carbocycles. The third-order valence-electron chi connectivity index (χ3n) is 7.94. The number of fused-ring (bicyclic) bond motifs is 1. The lowest BCUT2D eigenvalue weighted by atomic mass is 9.89. The molecule has 3 heterocycles. The number of hydrogen-bond acceptors (Lipinski definition) is 5. The fourth-order valence-electron chi connectivity index (χ4n) is 6.05. The van der Waals surface area contributed by atoms with Gasteiger partial charge in [-0.1, -0.05) is 18.2 Å². The lowest BCUT2D eigenvalue weighted by molar-refractivity contribution is -0.274. The van der Waals surface area contributed by atoms with Crippen molar-refractivity contribution in [3.8, 4) is 5.75 Å². The molecule has 2 atom stereocenters. The van der Waals surface area contributed by atoms with E-state index in [1.807, 2.05) is 23.1 Å². The summed E-state index contributed by atoms with van der Waals surface area (Å²) in [4.78, 5) is 34.8. The van der Waals surface area contributed by atoms with E-state index in [2.05, 4.69) is 19.9 Å². The molecule has 2 saturated heterocycles. The van der Waals surface area contributed by atoms with Gasteiger partial charge in [0.2, 0.25) is 11.8 Å². The number of aromatic nitrogens is 1. The van der Waals surface area contributed by atoms with Crippen LogP contribution in [0.3, 0.4) is 0 Å². The van der Waals surface area contributed by atoms with Crippen molar-refractivity contribution in [1.82, 2.24) is 15.2 Å². The number of likely N-dealkylation sites (tertiary alicyclic amines) is 1. The highest BCUT2D eigenvalue weighted by Crippen LogP contribution is 2.42. The quantitative estimate of drug-likeness (QED) is 0.557. The number of rotatable bonds is 6. The van der Waals surface area contributed by atoms with Crippen LogP contribution >= 0.6 is 0 Å². The second kappa shape index (κ2) is 10.7. The Balaban J connectivity index is 1.17. The number of ether oxygens (including phenoxy) is 1. The molecule has 7 nitrogen and oxygen atoms in total. The number of anilines is 1. The number of benzene rings is 1. The topological polar surface area (TPSA) is 74.8 Å². The summed E-state index contributed by atoms with van der Waals surface area (Å²) in [6.45, 7) is 2.12. The number of carbonyl (C=O) groups is 2. The van der Waals surface area contributed by atoms with Crippen LogP contribution in [0.5, 0.6) is 5.75 Å². The standard InChI is InChI=1S/C28H31F3N4O3/c29-28(30,31)38-22-9-6-20(7-10-22)8-11-25(36)35-19-15-27(14-3-4-23(27)35)33-26(37)21-12-17-34(18-13-21)24-5-1-2-16-32-24/h1-2,5-11,16,21,23H,3-4,12-15,17-19H2,(H,33,37)/b11-8+/t23-,27+/m0/s1. The van der Waals surface area contributed by atoms with Crippen LogP contribution in [0.25, 0.3) is 6.08 Å². The van der Waals surface area contributed by atoms with Crippen molar-refractivity contribution in [2.45, 2.75) is 56.5 Å². The van der Waals surface area contributed by atoms with Crippen LogP contribution in [-0.2, 0) is 9.59 Å². The molecule has 1 aromatic heterocycles. The summed E-state index contributed by atoms with van der Waals surface area (Å²) in [6, 6.07) is 11.1. The summed E-state index contributed by atoms with van der Waals surface area (Å²) in [7, 11) is 0. The monoisotopic (exact) mass is 528 g/mol. The zero-order valence-electron chi connectivity index (χ0n) is 21.0. The molecule has 2 aliphatic heterocycles. The number of hydrogen-bond donors (Lipinski definition) is 1. The minimum absolute atomic E-state index is 0.0558. The SMILES string of the molecule is O=C(N[C@@]12CCC[C@@H]1N(C(=O)/C=C/c1ccc(OC(F)(F)F)cc1)CC2)C1CCN(c2ccccn2)CC1. The maximum atomic E-state index is 13.3. The van der Waals surface area contributed by atoms with Crippen LogP contribution in [0.2, 0.25) is 0 Å². The van der Waals surface area contributed by atoms with E-state index in [1.165, 1.54) is 30.3 Å². The van der Waals surface area contributed by atoms with Crippen molar-refractivity contribution in [2.24, 2.45) is 5.92 Å². The number of nitrogens with one attached hydrogen (secondary N) is 1. The molecule has 2 amide bonds. The van der Waals surface area contributed by atoms with Crippen molar-refractivity contribution in [1.29, 1.82) is 0 Å². The zero-order valence-corrected chi connectivity index (χ0v) is 21.0. The largest absolute Gasteiger partial charge is 0.573 e. The smallest absolute Gasteiger partial charge is 0.406 e. The summed E-state index contributed by atoms with van der Waals surface area (Å²) >= 11 is 0. The molecule has 0 bridgehead atoms. The normalized spacial score (nSPS) is 24.0. The van der Waals surface area contributed by atoms with E-state index in [9.17, 15) is 22.8 Å². The third kappa shape index (κ3) is 5.79. The van der Waals surface area contributed by atoms with Crippen molar-refractivity contribution >= 4 is 23.7 Å². The Morgan fingerprint density at radius 3 is 2.47 bits per heavy atom. The van der Waals surface area contributed by atoms with Gasteiger partial charge in [0.15, 0.2) is 0 Å². The van der Waals surface area contributed by atoms with Crippen LogP contribution in [0.1, 0.15) is 44.1 Å². The average Bonchev–Trinajstić information content (AvgIpc) is 3.46.